The van der Waals surface area contributed by atoms with Crippen LogP contribution in [-0.4, -0.2) is 48.4 Å². The Morgan fingerprint density at radius 1 is 1.13 bits per heavy atom. The van der Waals surface area contributed by atoms with E-state index in [1.165, 1.54) is 25.3 Å². The van der Waals surface area contributed by atoms with Gasteiger partial charge in [-0.1, -0.05) is 12.1 Å². The Hall–Kier alpha value is -3.62. The molecule has 0 aromatic heterocycles. The summed E-state index contributed by atoms with van der Waals surface area (Å²) >= 11 is 0. The first-order chi connectivity index (χ1) is 14.5. The number of carbonyl (C=O) groups is 2. The summed E-state index contributed by atoms with van der Waals surface area (Å²) in [5.74, 6) is -0.265. The van der Waals surface area contributed by atoms with Crippen LogP contribution in [0.5, 0.6) is 11.5 Å². The zero-order chi connectivity index (χ0) is 21.5. The Morgan fingerprint density at radius 3 is 2.57 bits per heavy atom. The van der Waals surface area contributed by atoms with Gasteiger partial charge in [0.15, 0.2) is 6.61 Å². The highest BCUT2D eigenvalue weighted by Crippen LogP contribution is 2.30. The van der Waals surface area contributed by atoms with Crippen LogP contribution in [0.2, 0.25) is 0 Å². The van der Waals surface area contributed by atoms with E-state index in [4.69, 9.17) is 9.47 Å². The predicted octanol–water partition coefficient (Wildman–Crippen LogP) is 3.25. The summed E-state index contributed by atoms with van der Waals surface area (Å²) in [5, 5.41) is 13.7. The maximum atomic E-state index is 12.8. The quantitative estimate of drug-likeness (QED) is 0.551. The minimum absolute atomic E-state index is 0.0374. The molecule has 2 amide bonds. The van der Waals surface area contributed by atoms with Gasteiger partial charge >= 0.3 is 5.69 Å². The maximum Gasteiger partial charge on any atom is 0.311 e. The highest BCUT2D eigenvalue weighted by molar-refractivity contribution is 6.04. The van der Waals surface area contributed by atoms with Gasteiger partial charge in [0.05, 0.1) is 23.3 Å². The standard InChI is InChI=1S/C21H23N3O6/c1-29-19-13-15(9-10-18(19)24(27)28)30-14-20(25)22-17-8-4-3-7-16(17)21(26)23-11-5-2-6-12-23/h3-4,7-10,13H,2,5-6,11-12,14H2,1H3,(H,22,25). The third kappa shape index (κ3) is 5.05. The molecule has 1 saturated heterocycles. The zero-order valence-corrected chi connectivity index (χ0v) is 16.6. The summed E-state index contributed by atoms with van der Waals surface area (Å²) in [5.41, 5.74) is 0.659. The number of likely N-dealkylation sites (tertiary alicyclic amines) is 1. The molecular weight excluding hydrogens is 390 g/mol. The molecule has 1 N–H and O–H groups in total. The summed E-state index contributed by atoms with van der Waals surface area (Å²) < 4.78 is 10.4. The van der Waals surface area contributed by atoms with Crippen molar-refractivity contribution in [1.82, 2.24) is 4.90 Å². The van der Waals surface area contributed by atoms with Gasteiger partial charge < -0.3 is 19.7 Å². The molecule has 3 rings (SSSR count). The van der Waals surface area contributed by atoms with Crippen molar-refractivity contribution in [1.29, 1.82) is 0 Å². The topological polar surface area (TPSA) is 111 Å². The van der Waals surface area contributed by atoms with Crippen LogP contribution in [-0.2, 0) is 4.79 Å². The monoisotopic (exact) mass is 413 g/mol. The van der Waals surface area contributed by atoms with Gasteiger partial charge in [-0.2, -0.15) is 0 Å². The molecule has 0 spiro atoms. The van der Waals surface area contributed by atoms with E-state index >= 15 is 0 Å². The van der Waals surface area contributed by atoms with Gasteiger partial charge in [-0.15, -0.1) is 0 Å². The molecule has 1 heterocycles. The molecule has 2 aromatic rings. The lowest BCUT2D eigenvalue weighted by molar-refractivity contribution is -0.385. The maximum absolute atomic E-state index is 12.8. The molecule has 158 valence electrons. The fraction of sp³-hybridized carbons (Fsp3) is 0.333. The molecule has 1 aliphatic heterocycles. The largest absolute Gasteiger partial charge is 0.490 e. The Balaban J connectivity index is 1.64. The van der Waals surface area contributed by atoms with E-state index in [1.54, 1.807) is 29.2 Å². The predicted molar refractivity (Wildman–Crippen MR) is 110 cm³/mol. The van der Waals surface area contributed by atoms with Crippen LogP contribution < -0.4 is 14.8 Å². The van der Waals surface area contributed by atoms with Crippen LogP contribution in [0, 0.1) is 10.1 Å². The number of carbonyl (C=O) groups excluding carboxylic acids is 2. The number of para-hydroxylation sites is 1. The number of piperidine rings is 1. The third-order valence-electron chi connectivity index (χ3n) is 4.79. The number of ether oxygens (including phenoxy) is 2. The number of nitro benzene ring substituents is 1. The Labute approximate surface area is 173 Å². The average Bonchev–Trinajstić information content (AvgIpc) is 2.77. The van der Waals surface area contributed by atoms with Crippen LogP contribution in [0.3, 0.4) is 0 Å². The van der Waals surface area contributed by atoms with Crippen LogP contribution in [0.25, 0.3) is 0 Å². The number of methoxy groups -OCH3 is 1. The average molecular weight is 413 g/mol. The molecule has 0 saturated carbocycles. The van der Waals surface area contributed by atoms with Crippen molar-refractivity contribution in [2.24, 2.45) is 0 Å². The summed E-state index contributed by atoms with van der Waals surface area (Å²) in [4.78, 5) is 37.4. The Bertz CT molecular complexity index is 940. The van der Waals surface area contributed by atoms with Gasteiger partial charge in [0.1, 0.15) is 5.75 Å². The van der Waals surface area contributed by atoms with Crippen LogP contribution in [0.4, 0.5) is 11.4 Å². The third-order valence-corrected chi connectivity index (χ3v) is 4.79. The molecule has 0 aliphatic carbocycles. The molecule has 9 nitrogen and oxygen atoms in total. The first kappa shape index (κ1) is 21.1. The summed E-state index contributed by atoms with van der Waals surface area (Å²) in [6.45, 7) is 1.10. The number of hydrogen-bond donors (Lipinski definition) is 1. The fourth-order valence-electron chi connectivity index (χ4n) is 3.28. The van der Waals surface area contributed by atoms with Gasteiger partial charge in [0.25, 0.3) is 11.8 Å². The van der Waals surface area contributed by atoms with E-state index in [0.717, 1.165) is 19.3 Å². The highest BCUT2D eigenvalue weighted by atomic mass is 16.6. The molecule has 9 heteroatoms. The lowest BCUT2D eigenvalue weighted by atomic mass is 10.1. The highest BCUT2D eigenvalue weighted by Gasteiger charge is 2.21. The van der Waals surface area contributed by atoms with Gasteiger partial charge in [0.2, 0.25) is 5.75 Å². The summed E-state index contributed by atoms with van der Waals surface area (Å²) in [7, 11) is 1.31. The lowest BCUT2D eigenvalue weighted by Crippen LogP contribution is -2.36. The van der Waals surface area contributed by atoms with Crippen molar-refractivity contribution in [3.8, 4) is 11.5 Å². The van der Waals surface area contributed by atoms with Gasteiger partial charge in [-0.25, -0.2) is 0 Å². The number of rotatable bonds is 7. The normalized spacial score (nSPS) is 13.4. The van der Waals surface area contributed by atoms with Crippen molar-refractivity contribution in [3.63, 3.8) is 0 Å². The Kier molecular flexibility index (Phi) is 6.84. The van der Waals surface area contributed by atoms with E-state index in [2.05, 4.69) is 5.32 Å². The van der Waals surface area contributed by atoms with Gasteiger partial charge in [-0.05, 0) is 37.5 Å². The number of hydrogen-bond acceptors (Lipinski definition) is 6. The van der Waals surface area contributed by atoms with Crippen molar-refractivity contribution >= 4 is 23.2 Å². The Morgan fingerprint density at radius 2 is 1.87 bits per heavy atom. The van der Waals surface area contributed by atoms with E-state index in [0.29, 0.717) is 24.3 Å². The molecule has 0 unspecified atom stereocenters. The van der Waals surface area contributed by atoms with E-state index in [1.807, 2.05) is 0 Å². The molecule has 1 fully saturated rings. The van der Waals surface area contributed by atoms with Crippen molar-refractivity contribution in [3.05, 3.63) is 58.1 Å². The number of nitro groups is 1. The van der Waals surface area contributed by atoms with Crippen LogP contribution in [0.15, 0.2) is 42.5 Å². The second kappa shape index (κ2) is 9.73. The van der Waals surface area contributed by atoms with Gasteiger partial charge in [-0.3, -0.25) is 19.7 Å². The summed E-state index contributed by atoms with van der Waals surface area (Å²) in [6.07, 6.45) is 3.08. The first-order valence-corrected chi connectivity index (χ1v) is 9.63. The van der Waals surface area contributed by atoms with E-state index < -0.39 is 10.8 Å². The smallest absolute Gasteiger partial charge is 0.311 e. The second-order valence-electron chi connectivity index (χ2n) is 6.83. The number of amides is 2. The van der Waals surface area contributed by atoms with Crippen LogP contribution in [0.1, 0.15) is 29.6 Å². The number of nitrogens with one attached hydrogen (secondary N) is 1. The minimum Gasteiger partial charge on any atom is -0.490 e. The van der Waals surface area contributed by atoms with Crippen LogP contribution >= 0.6 is 0 Å². The molecule has 1 aliphatic rings. The summed E-state index contributed by atoms with van der Waals surface area (Å²) in [6, 6.07) is 10.8. The van der Waals surface area contributed by atoms with E-state index in [-0.39, 0.29) is 29.7 Å². The number of nitrogens with zero attached hydrogens (tertiary/aromatic N) is 2. The van der Waals surface area contributed by atoms with Crippen molar-refractivity contribution in [2.75, 3.05) is 32.1 Å². The minimum atomic E-state index is -0.564. The molecule has 0 radical (unpaired) electrons. The molecule has 30 heavy (non-hydrogen) atoms. The number of benzene rings is 2. The zero-order valence-electron chi connectivity index (χ0n) is 16.6. The van der Waals surface area contributed by atoms with Gasteiger partial charge in [0, 0.05) is 25.2 Å². The van der Waals surface area contributed by atoms with Crippen molar-refractivity contribution < 1.29 is 24.0 Å². The lowest BCUT2D eigenvalue weighted by Gasteiger charge is -2.27. The first-order valence-electron chi connectivity index (χ1n) is 9.63. The second-order valence-corrected chi connectivity index (χ2v) is 6.83. The molecular formula is C21H23N3O6. The fourth-order valence-corrected chi connectivity index (χ4v) is 3.28. The molecule has 0 atom stereocenters. The van der Waals surface area contributed by atoms with Crippen molar-refractivity contribution in [2.45, 2.75) is 19.3 Å². The molecule has 0 bridgehead atoms. The molecule has 2 aromatic carbocycles. The number of anilines is 1. The van der Waals surface area contributed by atoms with E-state index in [9.17, 15) is 19.7 Å². The SMILES string of the molecule is COc1cc(OCC(=O)Nc2ccccc2C(=O)N2CCCCC2)ccc1[N+](=O)[O-].